The molecular weight excluding hydrogens is 360 g/mol. The maximum atomic E-state index is 10.9. The van der Waals surface area contributed by atoms with Gasteiger partial charge in [0.15, 0.2) is 0 Å². The molecule has 4 nitrogen and oxygen atoms in total. The molecule has 0 saturated heterocycles. The smallest absolute Gasteiger partial charge is 0.129 e. The topological polar surface area (TPSA) is 46.4 Å². The van der Waals surface area contributed by atoms with Crippen LogP contribution in [0.1, 0.15) is 17.2 Å². The normalized spacial score (nSPS) is 13.3. The number of nitrogens with one attached hydrogen (secondary N) is 1. The molecular formula is C25H26N2O2. The molecule has 0 amide bonds. The highest BCUT2D eigenvalue weighted by Gasteiger charge is 2.24. The predicted molar refractivity (Wildman–Crippen MR) is 117 cm³/mol. The molecule has 0 aliphatic rings. The van der Waals surface area contributed by atoms with Crippen LogP contribution in [0.2, 0.25) is 0 Å². The van der Waals surface area contributed by atoms with E-state index in [4.69, 9.17) is 4.74 Å². The number of nitrogens with zero attached hydrogens (tertiary/aromatic N) is 1. The number of aliphatic hydroxyl groups excluding tert-OH is 1. The van der Waals surface area contributed by atoms with Gasteiger partial charge in [0.25, 0.3) is 0 Å². The second-order valence-corrected chi connectivity index (χ2v) is 7.17. The zero-order valence-electron chi connectivity index (χ0n) is 16.5. The molecule has 0 radical (unpaired) electrons. The van der Waals surface area contributed by atoms with E-state index in [0.29, 0.717) is 13.2 Å². The van der Waals surface area contributed by atoms with Gasteiger partial charge in [-0.2, -0.15) is 0 Å². The molecule has 29 heavy (non-hydrogen) atoms. The Labute approximate surface area is 171 Å². The summed E-state index contributed by atoms with van der Waals surface area (Å²) in [5.41, 5.74) is 3.25. The Morgan fingerprint density at radius 2 is 1.62 bits per heavy atom. The third kappa shape index (κ3) is 4.19. The van der Waals surface area contributed by atoms with Crippen LogP contribution in [0.25, 0.3) is 10.9 Å². The summed E-state index contributed by atoms with van der Waals surface area (Å²) >= 11 is 0. The number of aromatic nitrogens is 1. The number of fused-ring (bicyclic) bond motifs is 1. The van der Waals surface area contributed by atoms with E-state index in [2.05, 4.69) is 46.3 Å². The molecule has 1 heterocycles. The van der Waals surface area contributed by atoms with E-state index in [0.717, 1.165) is 27.8 Å². The first-order valence-electron chi connectivity index (χ1n) is 9.92. The molecule has 0 saturated carbocycles. The van der Waals surface area contributed by atoms with E-state index in [-0.39, 0.29) is 6.04 Å². The van der Waals surface area contributed by atoms with Crippen LogP contribution in [0.5, 0.6) is 5.75 Å². The minimum Gasteiger partial charge on any atom is -0.488 e. The van der Waals surface area contributed by atoms with E-state index >= 15 is 0 Å². The maximum Gasteiger partial charge on any atom is 0.129 e. The van der Waals surface area contributed by atoms with E-state index in [1.807, 2.05) is 61.8 Å². The summed E-state index contributed by atoms with van der Waals surface area (Å²) in [6.07, 6.45) is 1.48. The molecule has 0 spiro atoms. The van der Waals surface area contributed by atoms with Crippen LogP contribution < -0.4 is 10.1 Å². The predicted octanol–water partition coefficient (Wildman–Crippen LogP) is 4.39. The van der Waals surface area contributed by atoms with E-state index in [1.54, 1.807) is 0 Å². The number of rotatable bonds is 8. The van der Waals surface area contributed by atoms with E-state index < -0.39 is 6.10 Å². The molecule has 0 fully saturated rings. The minimum atomic E-state index is -0.563. The molecule has 4 aromatic rings. The first-order chi connectivity index (χ1) is 14.3. The molecule has 3 aromatic carbocycles. The summed E-state index contributed by atoms with van der Waals surface area (Å²) in [5, 5.41) is 15.0. The summed E-state index contributed by atoms with van der Waals surface area (Å²) in [7, 11) is 1.86. The Bertz CT molecular complexity index is 1040. The van der Waals surface area contributed by atoms with Gasteiger partial charge in [0.2, 0.25) is 0 Å². The average Bonchev–Trinajstić information content (AvgIpc) is 3.18. The van der Waals surface area contributed by atoms with Gasteiger partial charge in [-0.3, -0.25) is 0 Å². The van der Waals surface area contributed by atoms with Crippen molar-refractivity contribution in [2.75, 3.05) is 13.6 Å². The summed E-state index contributed by atoms with van der Waals surface area (Å²) < 4.78 is 8.26. The van der Waals surface area contributed by atoms with Crippen molar-refractivity contribution < 1.29 is 9.84 Å². The van der Waals surface area contributed by atoms with Crippen LogP contribution in [0.15, 0.2) is 91.1 Å². The third-order valence-electron chi connectivity index (χ3n) is 5.18. The molecule has 2 N–H and O–H groups in total. The molecule has 1 aromatic heterocycles. The average molecular weight is 386 g/mol. The molecule has 0 aliphatic carbocycles. The number of aliphatic hydroxyl groups is 1. The summed E-state index contributed by atoms with van der Waals surface area (Å²) in [6.45, 7) is 1.03. The fraction of sp³-hybridized carbons (Fsp3) is 0.200. The van der Waals surface area contributed by atoms with Gasteiger partial charge >= 0.3 is 0 Å². The van der Waals surface area contributed by atoms with Crippen LogP contribution in [0, 0.1) is 0 Å². The quantitative estimate of drug-likeness (QED) is 0.472. The number of benzene rings is 3. The van der Waals surface area contributed by atoms with Gasteiger partial charge in [0, 0.05) is 18.1 Å². The van der Waals surface area contributed by atoms with Crippen molar-refractivity contribution in [3.05, 3.63) is 102 Å². The fourth-order valence-corrected chi connectivity index (χ4v) is 3.80. The Hall–Kier alpha value is -3.08. The Morgan fingerprint density at radius 1 is 0.897 bits per heavy atom. The SMILES string of the molecule is CNC[C@@H](O)[C@H](c1ccccc1)n1ccc2c(OCc3ccccc3)cccc21. The summed E-state index contributed by atoms with van der Waals surface area (Å²) in [5.74, 6) is 0.847. The van der Waals surface area contributed by atoms with Crippen molar-refractivity contribution in [2.45, 2.75) is 18.8 Å². The van der Waals surface area contributed by atoms with Gasteiger partial charge in [-0.25, -0.2) is 0 Å². The molecule has 4 rings (SSSR count). The highest BCUT2D eigenvalue weighted by Crippen LogP contribution is 2.32. The number of likely N-dealkylation sites (N-methyl/N-ethyl adjacent to an activating group) is 1. The van der Waals surface area contributed by atoms with Crippen molar-refractivity contribution >= 4 is 10.9 Å². The highest BCUT2D eigenvalue weighted by atomic mass is 16.5. The van der Waals surface area contributed by atoms with E-state index in [9.17, 15) is 5.11 Å². The van der Waals surface area contributed by atoms with Crippen molar-refractivity contribution in [2.24, 2.45) is 0 Å². The summed E-state index contributed by atoms with van der Waals surface area (Å²) in [4.78, 5) is 0. The van der Waals surface area contributed by atoms with Gasteiger partial charge in [-0.1, -0.05) is 66.7 Å². The van der Waals surface area contributed by atoms with Gasteiger partial charge in [0.05, 0.1) is 17.7 Å². The Kier molecular flexibility index (Phi) is 5.94. The molecule has 2 atom stereocenters. The molecule has 0 aliphatic heterocycles. The van der Waals surface area contributed by atoms with E-state index in [1.165, 1.54) is 0 Å². The Morgan fingerprint density at radius 3 is 2.34 bits per heavy atom. The number of hydrogen-bond acceptors (Lipinski definition) is 3. The van der Waals surface area contributed by atoms with Gasteiger partial charge in [-0.05, 0) is 36.4 Å². The van der Waals surface area contributed by atoms with Crippen LogP contribution in [0.3, 0.4) is 0 Å². The van der Waals surface area contributed by atoms with Crippen LogP contribution in [-0.2, 0) is 6.61 Å². The number of hydrogen-bond donors (Lipinski definition) is 2. The van der Waals surface area contributed by atoms with Gasteiger partial charge in [0.1, 0.15) is 12.4 Å². The monoisotopic (exact) mass is 386 g/mol. The first kappa shape index (κ1) is 19.2. The highest BCUT2D eigenvalue weighted by molar-refractivity contribution is 5.86. The zero-order valence-corrected chi connectivity index (χ0v) is 16.5. The largest absolute Gasteiger partial charge is 0.488 e. The Balaban J connectivity index is 1.69. The summed E-state index contributed by atoms with van der Waals surface area (Å²) in [6, 6.07) is 28.2. The minimum absolute atomic E-state index is 0.189. The number of ether oxygens (including phenoxy) is 1. The lowest BCUT2D eigenvalue weighted by molar-refractivity contribution is 0.132. The molecule has 0 unspecified atom stereocenters. The standard InChI is InChI=1S/C25H26N2O2/c1-26-17-23(28)25(20-11-6-3-7-12-20)27-16-15-21-22(27)13-8-14-24(21)29-18-19-9-4-2-5-10-19/h2-16,23,25-26,28H,17-18H2,1H3/t23-,25+/m1/s1. The van der Waals surface area contributed by atoms with Crippen LogP contribution in [-0.4, -0.2) is 29.4 Å². The van der Waals surface area contributed by atoms with Crippen molar-refractivity contribution in [1.82, 2.24) is 9.88 Å². The third-order valence-corrected chi connectivity index (χ3v) is 5.18. The fourth-order valence-electron chi connectivity index (χ4n) is 3.80. The second-order valence-electron chi connectivity index (χ2n) is 7.17. The van der Waals surface area contributed by atoms with Crippen LogP contribution >= 0.6 is 0 Å². The second kappa shape index (κ2) is 8.95. The molecule has 148 valence electrons. The molecule has 4 heteroatoms. The van der Waals surface area contributed by atoms with Crippen molar-refractivity contribution in [3.63, 3.8) is 0 Å². The lowest BCUT2D eigenvalue weighted by Crippen LogP contribution is -2.33. The van der Waals surface area contributed by atoms with Crippen LogP contribution in [0.4, 0.5) is 0 Å². The van der Waals surface area contributed by atoms with Crippen molar-refractivity contribution in [1.29, 1.82) is 0 Å². The zero-order chi connectivity index (χ0) is 20.1. The van der Waals surface area contributed by atoms with Crippen molar-refractivity contribution in [3.8, 4) is 5.75 Å². The van der Waals surface area contributed by atoms with Gasteiger partial charge in [-0.15, -0.1) is 0 Å². The lowest BCUT2D eigenvalue weighted by Gasteiger charge is -2.26. The maximum absolute atomic E-state index is 10.9. The lowest BCUT2D eigenvalue weighted by atomic mass is 10.0. The molecule has 0 bridgehead atoms. The first-order valence-corrected chi connectivity index (χ1v) is 9.92. The van der Waals surface area contributed by atoms with Gasteiger partial charge < -0.3 is 19.7 Å².